The van der Waals surface area contributed by atoms with E-state index in [0.717, 1.165) is 22.7 Å². The summed E-state index contributed by atoms with van der Waals surface area (Å²) in [7, 11) is 0. The summed E-state index contributed by atoms with van der Waals surface area (Å²) in [6, 6.07) is 55.4. The molecule has 3 heterocycles. The number of furan rings is 1. The van der Waals surface area contributed by atoms with Crippen molar-refractivity contribution in [3.05, 3.63) is 180 Å². The largest absolute Gasteiger partial charge is 0.760 e. The molecule has 0 fully saturated rings. The predicted molar refractivity (Wildman–Crippen MR) is 327 cm³/mol. The summed E-state index contributed by atoms with van der Waals surface area (Å²) in [5, 5.41) is 18.5. The molecule has 0 aliphatic carbocycles. The van der Waals surface area contributed by atoms with Crippen molar-refractivity contribution in [2.45, 2.75) is 124 Å². The number of benzene rings is 7. The van der Waals surface area contributed by atoms with E-state index >= 15 is 0 Å². The van der Waals surface area contributed by atoms with Crippen molar-refractivity contribution in [1.29, 1.82) is 0 Å². The van der Waals surface area contributed by atoms with Gasteiger partial charge in [-0.1, -0.05) is 228 Å². The van der Waals surface area contributed by atoms with Crippen LogP contribution in [0.5, 0.6) is 11.5 Å². The highest BCUT2D eigenvalue weighted by Crippen LogP contribution is 2.51. The van der Waals surface area contributed by atoms with E-state index < -0.39 is 45.1 Å². The summed E-state index contributed by atoms with van der Waals surface area (Å²) in [4.78, 5) is 5.59. The number of nitrogens with two attached hydrogens (primary N) is 4. The van der Waals surface area contributed by atoms with Gasteiger partial charge in [0.05, 0.1) is 0 Å². The average Bonchev–Trinajstić information content (AvgIpc) is 4.00. The number of ether oxygens (including phenoxy) is 2. The molecular weight excluding hydrogens is 1130 g/mol. The van der Waals surface area contributed by atoms with Gasteiger partial charge in [0.25, 0.3) is 0 Å². The van der Waals surface area contributed by atoms with Gasteiger partial charge < -0.3 is 32.1 Å². The molecule has 4 unspecified atom stereocenters. The number of para-hydroxylation sites is 2. The molecule has 7 aromatic carbocycles. The lowest BCUT2D eigenvalue weighted by atomic mass is 9.85. The van der Waals surface area contributed by atoms with E-state index in [1.165, 1.54) is 63.7 Å². The molecule has 15 nitrogen and oxygen atoms in total. The second-order valence-corrected chi connectivity index (χ2v) is 25.8. The standard InChI is InChI=1S/C16H16O.C16H16S2.C16H18.C11H14O2.4H3NO2S/c1-16(2,3)13-9-6-8-12-11-7-4-5-10-14(11)17-15(12)13;1-16(2,3)11-7-6-10-14-15(11)18-13-9-5-4-8-12(13)17-14;1-16(2,3)15-11-7-10-14(12-15)13-8-5-4-6-9-13;1-11(2,3)8-4-5-9-10(6-8)13-7-12-9;4*1-4(2)3/h4-10H,1-3H3;4-10H,1-3H3;4-12H,1-3H3;4-6H,7H2,1-3H3;4*1H2,(H,2,3)/p-4. The van der Waals surface area contributed by atoms with Crippen molar-refractivity contribution in [1.82, 2.24) is 0 Å². The van der Waals surface area contributed by atoms with Crippen LogP contribution in [-0.2, 0) is 66.7 Å². The number of fused-ring (bicyclic) bond motifs is 6. The Balaban J connectivity index is 0.000000258. The lowest BCUT2D eigenvalue weighted by Crippen LogP contribution is -2.13. The lowest BCUT2D eigenvalue weighted by Gasteiger charge is -2.27. The van der Waals surface area contributed by atoms with Gasteiger partial charge in [-0.2, -0.15) is 0 Å². The third kappa shape index (κ3) is 23.8. The van der Waals surface area contributed by atoms with Crippen molar-refractivity contribution in [2.24, 2.45) is 20.6 Å². The average molecular weight is 1210 g/mol. The summed E-state index contributed by atoms with van der Waals surface area (Å²) < 4.78 is 86.8. The van der Waals surface area contributed by atoms with Crippen LogP contribution in [0, 0.1) is 0 Å². The molecule has 80 heavy (non-hydrogen) atoms. The van der Waals surface area contributed by atoms with Crippen LogP contribution in [0.2, 0.25) is 0 Å². The fourth-order valence-electron chi connectivity index (χ4n) is 7.64. The summed E-state index contributed by atoms with van der Waals surface area (Å²) in [5.74, 6) is 1.72. The molecule has 0 amide bonds. The topological polar surface area (TPSA) is 296 Å². The van der Waals surface area contributed by atoms with Crippen molar-refractivity contribution >= 4 is 90.5 Å². The van der Waals surface area contributed by atoms with Crippen LogP contribution in [-0.4, -0.2) is 41.8 Å². The minimum Gasteiger partial charge on any atom is -0.760 e. The van der Waals surface area contributed by atoms with Gasteiger partial charge in [0.15, 0.2) is 11.5 Å². The van der Waals surface area contributed by atoms with Gasteiger partial charge in [0.2, 0.25) is 6.79 Å². The third-order valence-corrected chi connectivity index (χ3v) is 14.0. The molecule has 0 saturated carbocycles. The minimum absolute atomic E-state index is 0.105. The molecule has 2 aliphatic rings. The van der Waals surface area contributed by atoms with Crippen LogP contribution in [0.15, 0.2) is 182 Å². The van der Waals surface area contributed by atoms with E-state index in [-0.39, 0.29) is 21.7 Å². The normalized spacial score (nSPS) is 13.6. The van der Waals surface area contributed by atoms with Gasteiger partial charge in [-0.3, -0.25) is 37.4 Å². The first-order chi connectivity index (χ1) is 37.2. The Kier molecular flexibility index (Phi) is 27.6. The van der Waals surface area contributed by atoms with Crippen LogP contribution < -0.4 is 30.0 Å². The Morgan fingerprint density at radius 2 is 0.838 bits per heavy atom. The molecule has 0 spiro atoms. The fraction of sp³-hybridized carbons (Fsp3) is 0.288. The van der Waals surface area contributed by atoms with Crippen LogP contribution in [0.1, 0.15) is 105 Å². The Morgan fingerprint density at radius 3 is 1.39 bits per heavy atom. The van der Waals surface area contributed by atoms with Crippen LogP contribution in [0.4, 0.5) is 0 Å². The molecule has 0 bridgehead atoms. The van der Waals surface area contributed by atoms with Gasteiger partial charge in [-0.05, 0) is 85.9 Å². The van der Waals surface area contributed by atoms with E-state index in [0.29, 0.717) is 6.79 Å². The number of hydrogen-bond donors (Lipinski definition) is 4. The van der Waals surface area contributed by atoms with E-state index in [1.807, 2.05) is 41.7 Å². The second kappa shape index (κ2) is 31.9. The Labute approximate surface area is 490 Å². The maximum absolute atomic E-state index is 8.78. The molecule has 4 atom stereocenters. The highest BCUT2D eigenvalue weighted by Gasteiger charge is 2.25. The van der Waals surface area contributed by atoms with Crippen molar-refractivity contribution < 1.29 is 48.9 Å². The van der Waals surface area contributed by atoms with E-state index in [1.54, 1.807) is 0 Å². The van der Waals surface area contributed by atoms with Crippen LogP contribution >= 0.6 is 23.5 Å². The predicted octanol–water partition coefficient (Wildman–Crippen LogP) is 12.8. The second-order valence-electron chi connectivity index (χ2n) is 21.6. The molecule has 8 N–H and O–H groups in total. The summed E-state index contributed by atoms with van der Waals surface area (Å²) in [6.07, 6.45) is 0. The first kappa shape index (κ1) is 69.2. The molecule has 2 aliphatic heterocycles. The first-order valence-electron chi connectivity index (χ1n) is 24.6. The van der Waals surface area contributed by atoms with E-state index in [2.05, 4.69) is 243 Å². The highest BCUT2D eigenvalue weighted by molar-refractivity contribution is 8.05. The van der Waals surface area contributed by atoms with Gasteiger partial charge in [-0.15, -0.1) is 0 Å². The molecule has 8 aromatic rings. The summed E-state index contributed by atoms with van der Waals surface area (Å²) in [5.41, 5.74) is 10.6. The zero-order valence-corrected chi connectivity index (χ0v) is 51.9. The van der Waals surface area contributed by atoms with Crippen LogP contribution in [0.3, 0.4) is 0 Å². The molecular formula is C59H72N4O11S6-4. The Bertz CT molecular complexity index is 3270. The zero-order valence-electron chi connectivity index (χ0n) is 47.0. The molecule has 1 aromatic heterocycles. The van der Waals surface area contributed by atoms with Crippen LogP contribution in [0.25, 0.3) is 33.1 Å². The van der Waals surface area contributed by atoms with Gasteiger partial charge in [-0.25, -0.2) is 0 Å². The smallest absolute Gasteiger partial charge is 0.231 e. The quantitative estimate of drug-likeness (QED) is 0.111. The number of rotatable bonds is 1. The fourth-order valence-corrected chi connectivity index (χ4v) is 10.2. The first-order valence-corrected chi connectivity index (χ1v) is 30.8. The highest BCUT2D eigenvalue weighted by atomic mass is 32.2. The SMILES string of the molecule is CC(C)(C)c1ccc2c(c1)OCO2.CC(C)(C)c1cccc(-c2ccccc2)c1.CC(C)(C)c1cccc2c1Sc1ccccc1S2.CC(C)(C)c1cccc2c1oc1ccccc12.NS(=O)[O-].NS(=O)[O-].NS(=O)[O-].NS(=O)[O-]. The lowest BCUT2D eigenvalue weighted by molar-refractivity contribution is 0.174. The van der Waals surface area contributed by atoms with Gasteiger partial charge in [0, 0.05) is 81.0 Å². The minimum atomic E-state index is -2.36. The van der Waals surface area contributed by atoms with Gasteiger partial charge >= 0.3 is 0 Å². The molecule has 0 radical (unpaired) electrons. The van der Waals surface area contributed by atoms with Crippen molar-refractivity contribution in [2.75, 3.05) is 6.79 Å². The Morgan fingerprint density at radius 1 is 0.412 bits per heavy atom. The maximum atomic E-state index is 8.78. The molecule has 434 valence electrons. The molecule has 0 saturated heterocycles. The molecule has 21 heteroatoms. The van der Waals surface area contributed by atoms with E-state index in [4.69, 9.17) is 48.9 Å². The monoisotopic (exact) mass is 1200 g/mol. The van der Waals surface area contributed by atoms with Crippen molar-refractivity contribution in [3.63, 3.8) is 0 Å². The maximum Gasteiger partial charge on any atom is 0.231 e. The summed E-state index contributed by atoms with van der Waals surface area (Å²) in [6.45, 7) is 27.2. The van der Waals surface area contributed by atoms with Gasteiger partial charge in [0.1, 0.15) is 11.2 Å². The molecule has 10 rings (SSSR count). The summed E-state index contributed by atoms with van der Waals surface area (Å²) >= 11 is -5.64. The third-order valence-electron chi connectivity index (χ3n) is 11.4. The Hall–Kier alpha value is -5.08. The number of hydrogen-bond acceptors (Lipinski definition) is 13. The van der Waals surface area contributed by atoms with Crippen molar-refractivity contribution in [3.8, 4) is 22.6 Å². The van der Waals surface area contributed by atoms with E-state index in [9.17, 15) is 0 Å². The zero-order chi connectivity index (χ0) is 60.2.